The van der Waals surface area contributed by atoms with Gasteiger partial charge in [-0.25, -0.2) is 0 Å². The number of carbonyl (C=O) groups excluding carboxylic acids is 1. The molecular weight excluding hydrogens is 234 g/mol. The molecule has 0 aromatic heterocycles. The van der Waals surface area contributed by atoms with Crippen LogP contribution in [0.4, 0.5) is 0 Å². The van der Waals surface area contributed by atoms with Crippen LogP contribution in [0.2, 0.25) is 0 Å². The van der Waals surface area contributed by atoms with Gasteiger partial charge in [0.25, 0.3) is 0 Å². The van der Waals surface area contributed by atoms with E-state index >= 15 is 0 Å². The fourth-order valence-electron chi connectivity index (χ4n) is 2.41. The number of rotatable bonds is 4. The molecule has 0 amide bonds. The summed E-state index contributed by atoms with van der Waals surface area (Å²) >= 11 is 0. The smallest absolute Gasteiger partial charge is 0.170 e. The van der Waals surface area contributed by atoms with Gasteiger partial charge in [-0.15, -0.1) is 0 Å². The summed E-state index contributed by atoms with van der Waals surface area (Å²) in [5.41, 5.74) is 7.20. The first-order valence-electron chi connectivity index (χ1n) is 7.18. The minimum atomic E-state index is -0.563. The molecule has 2 nitrogen and oxygen atoms in total. The fourth-order valence-corrected chi connectivity index (χ4v) is 2.41. The standard InChI is InChI=1S/C17H25NO/c1-16(2,17(3,4)18)15(19)14-11-6-5-10-13(14)12-8-7-9-12/h5-6,10-12H,7-9,18H2,1-4H3. The van der Waals surface area contributed by atoms with E-state index in [0.29, 0.717) is 5.92 Å². The molecule has 0 unspecified atom stereocenters. The van der Waals surface area contributed by atoms with E-state index in [-0.39, 0.29) is 5.78 Å². The molecule has 1 saturated carbocycles. The van der Waals surface area contributed by atoms with Crippen LogP contribution in [-0.4, -0.2) is 11.3 Å². The van der Waals surface area contributed by atoms with Crippen molar-refractivity contribution in [3.63, 3.8) is 0 Å². The molecule has 1 aliphatic carbocycles. The van der Waals surface area contributed by atoms with E-state index in [1.54, 1.807) is 0 Å². The first-order chi connectivity index (χ1) is 8.75. The minimum absolute atomic E-state index is 0.169. The van der Waals surface area contributed by atoms with Crippen molar-refractivity contribution in [2.24, 2.45) is 11.1 Å². The van der Waals surface area contributed by atoms with Crippen LogP contribution in [0.1, 0.15) is 68.8 Å². The molecule has 0 radical (unpaired) electrons. The highest BCUT2D eigenvalue weighted by molar-refractivity contribution is 6.02. The first kappa shape index (κ1) is 14.3. The van der Waals surface area contributed by atoms with Crippen LogP contribution in [0.3, 0.4) is 0 Å². The molecule has 1 aliphatic rings. The number of Topliss-reactive ketones (excluding diaryl/α,β-unsaturated/α-hetero) is 1. The summed E-state index contributed by atoms with van der Waals surface area (Å²) in [7, 11) is 0. The van der Waals surface area contributed by atoms with Crippen molar-refractivity contribution < 1.29 is 4.79 Å². The molecule has 0 spiro atoms. The lowest BCUT2D eigenvalue weighted by molar-refractivity contribution is 0.0732. The molecule has 2 heteroatoms. The second-order valence-electron chi connectivity index (χ2n) is 6.89. The van der Waals surface area contributed by atoms with E-state index < -0.39 is 11.0 Å². The number of hydrogen-bond donors (Lipinski definition) is 1. The molecule has 0 aliphatic heterocycles. The quantitative estimate of drug-likeness (QED) is 0.833. The van der Waals surface area contributed by atoms with E-state index in [9.17, 15) is 4.79 Å². The molecule has 2 rings (SSSR count). The Labute approximate surface area is 116 Å². The van der Waals surface area contributed by atoms with Gasteiger partial charge < -0.3 is 5.73 Å². The normalized spacial score (nSPS) is 17.1. The highest BCUT2D eigenvalue weighted by Gasteiger charge is 2.41. The molecule has 19 heavy (non-hydrogen) atoms. The van der Waals surface area contributed by atoms with Crippen molar-refractivity contribution >= 4 is 5.78 Å². The van der Waals surface area contributed by atoms with Gasteiger partial charge in [0.15, 0.2) is 5.78 Å². The molecule has 1 aromatic carbocycles. The van der Waals surface area contributed by atoms with E-state index in [4.69, 9.17) is 5.73 Å². The second-order valence-corrected chi connectivity index (χ2v) is 6.89. The molecule has 0 atom stereocenters. The van der Waals surface area contributed by atoms with Gasteiger partial charge in [0.05, 0.1) is 0 Å². The Morgan fingerprint density at radius 2 is 1.74 bits per heavy atom. The van der Waals surface area contributed by atoms with Crippen LogP contribution in [0.15, 0.2) is 24.3 Å². The van der Waals surface area contributed by atoms with E-state index in [2.05, 4.69) is 6.07 Å². The zero-order chi connectivity index (χ0) is 14.3. The van der Waals surface area contributed by atoms with E-state index in [1.807, 2.05) is 45.9 Å². The maximum absolute atomic E-state index is 12.9. The third-order valence-corrected chi connectivity index (χ3v) is 4.93. The van der Waals surface area contributed by atoms with Crippen molar-refractivity contribution in [1.82, 2.24) is 0 Å². The lowest BCUT2D eigenvalue weighted by Crippen LogP contribution is -2.52. The fraction of sp³-hybridized carbons (Fsp3) is 0.588. The van der Waals surface area contributed by atoms with Gasteiger partial charge in [-0.2, -0.15) is 0 Å². The molecular formula is C17H25NO. The molecule has 2 N–H and O–H groups in total. The molecule has 0 heterocycles. The summed E-state index contributed by atoms with van der Waals surface area (Å²) in [4.78, 5) is 12.9. The van der Waals surface area contributed by atoms with E-state index in [1.165, 1.54) is 24.8 Å². The Bertz CT molecular complexity index is 478. The van der Waals surface area contributed by atoms with Crippen LogP contribution in [0.25, 0.3) is 0 Å². The number of nitrogens with two attached hydrogens (primary N) is 1. The van der Waals surface area contributed by atoms with Gasteiger partial charge in [-0.05, 0) is 38.2 Å². The average molecular weight is 259 g/mol. The summed E-state index contributed by atoms with van der Waals surface area (Å²) in [6.45, 7) is 7.76. The zero-order valence-corrected chi connectivity index (χ0v) is 12.5. The predicted octanol–water partition coefficient (Wildman–Crippen LogP) is 3.90. The lowest BCUT2D eigenvalue weighted by Gasteiger charge is -2.38. The number of carbonyl (C=O) groups is 1. The Hall–Kier alpha value is -1.15. The summed E-state index contributed by atoms with van der Waals surface area (Å²) in [6.07, 6.45) is 3.69. The second kappa shape index (κ2) is 4.75. The molecule has 104 valence electrons. The van der Waals surface area contributed by atoms with Gasteiger partial charge in [0, 0.05) is 16.5 Å². The average Bonchev–Trinajstić information content (AvgIpc) is 2.25. The largest absolute Gasteiger partial charge is 0.325 e. The van der Waals surface area contributed by atoms with Crippen molar-refractivity contribution in [3.05, 3.63) is 35.4 Å². The highest BCUT2D eigenvalue weighted by Crippen LogP contribution is 2.40. The summed E-state index contributed by atoms with van der Waals surface area (Å²) in [5, 5.41) is 0. The van der Waals surface area contributed by atoms with E-state index in [0.717, 1.165) is 5.56 Å². The van der Waals surface area contributed by atoms with Crippen molar-refractivity contribution in [3.8, 4) is 0 Å². The van der Waals surface area contributed by atoms with Crippen molar-refractivity contribution in [1.29, 1.82) is 0 Å². The Balaban J connectivity index is 2.39. The molecule has 0 bridgehead atoms. The number of ketones is 1. The number of hydrogen-bond acceptors (Lipinski definition) is 2. The van der Waals surface area contributed by atoms with Gasteiger partial charge in [0.2, 0.25) is 0 Å². The van der Waals surface area contributed by atoms with Gasteiger partial charge in [-0.1, -0.05) is 44.5 Å². The Morgan fingerprint density at radius 3 is 2.21 bits per heavy atom. The van der Waals surface area contributed by atoms with Crippen LogP contribution in [0.5, 0.6) is 0 Å². The number of benzene rings is 1. The van der Waals surface area contributed by atoms with Gasteiger partial charge in [0.1, 0.15) is 0 Å². The maximum atomic E-state index is 12.9. The topological polar surface area (TPSA) is 43.1 Å². The van der Waals surface area contributed by atoms with Gasteiger partial charge >= 0.3 is 0 Å². The summed E-state index contributed by atoms with van der Waals surface area (Å²) in [5.74, 6) is 0.735. The van der Waals surface area contributed by atoms with Crippen LogP contribution in [-0.2, 0) is 0 Å². The Morgan fingerprint density at radius 1 is 1.16 bits per heavy atom. The molecule has 1 aromatic rings. The predicted molar refractivity (Wildman–Crippen MR) is 79.4 cm³/mol. The summed E-state index contributed by atoms with van der Waals surface area (Å²) in [6, 6.07) is 8.06. The van der Waals surface area contributed by atoms with Crippen molar-refractivity contribution in [2.45, 2.75) is 58.4 Å². The summed E-state index contributed by atoms with van der Waals surface area (Å²) < 4.78 is 0. The lowest BCUT2D eigenvalue weighted by atomic mass is 9.68. The Kier molecular flexibility index (Phi) is 3.57. The zero-order valence-electron chi connectivity index (χ0n) is 12.5. The van der Waals surface area contributed by atoms with Crippen molar-refractivity contribution in [2.75, 3.05) is 0 Å². The third-order valence-electron chi connectivity index (χ3n) is 4.93. The first-order valence-corrected chi connectivity index (χ1v) is 7.18. The van der Waals surface area contributed by atoms with Crippen LogP contribution in [0, 0.1) is 5.41 Å². The van der Waals surface area contributed by atoms with Crippen LogP contribution < -0.4 is 5.73 Å². The van der Waals surface area contributed by atoms with Crippen LogP contribution >= 0.6 is 0 Å². The SMILES string of the molecule is CC(C)(N)C(C)(C)C(=O)c1ccccc1C1CCC1. The third kappa shape index (κ3) is 2.46. The maximum Gasteiger partial charge on any atom is 0.170 e. The molecule has 0 saturated heterocycles. The molecule has 1 fully saturated rings. The highest BCUT2D eigenvalue weighted by atomic mass is 16.1. The van der Waals surface area contributed by atoms with Gasteiger partial charge in [-0.3, -0.25) is 4.79 Å². The minimum Gasteiger partial charge on any atom is -0.325 e. The monoisotopic (exact) mass is 259 g/mol.